The Morgan fingerprint density at radius 1 is 1.39 bits per heavy atom. The average molecular weight is 264 g/mol. The highest BCUT2D eigenvalue weighted by Crippen LogP contribution is 2.10. The molecule has 1 aromatic rings. The van der Waals surface area contributed by atoms with Crippen LogP contribution in [-0.4, -0.2) is 28.9 Å². The molecule has 0 unspecified atom stereocenters. The highest BCUT2D eigenvalue weighted by atomic mass is 32.1. The van der Waals surface area contributed by atoms with Gasteiger partial charge in [0.05, 0.1) is 0 Å². The van der Waals surface area contributed by atoms with Crippen LogP contribution in [0, 0.1) is 5.92 Å². The molecule has 0 saturated heterocycles. The quantitative estimate of drug-likeness (QED) is 0.831. The molecule has 0 aliphatic carbocycles. The molecular weight excluding hydrogens is 244 g/mol. The second-order valence-electron chi connectivity index (χ2n) is 4.68. The highest BCUT2D eigenvalue weighted by molar-refractivity contribution is 7.80. The third-order valence-electron chi connectivity index (χ3n) is 2.65. The average Bonchev–Trinajstić information content (AvgIpc) is 2.35. The van der Waals surface area contributed by atoms with Crippen LogP contribution in [0.25, 0.3) is 0 Å². The first-order valence-corrected chi connectivity index (χ1v) is 6.55. The van der Waals surface area contributed by atoms with Gasteiger partial charge in [0.15, 0.2) is 0 Å². The van der Waals surface area contributed by atoms with E-state index in [0.717, 1.165) is 12.1 Å². The fraction of sp³-hybridized carbons (Fsp3) is 0.429. The molecule has 0 saturated carbocycles. The molecule has 0 heterocycles. The lowest BCUT2D eigenvalue weighted by molar-refractivity contribution is 0.0746. The fourth-order valence-electron chi connectivity index (χ4n) is 1.78. The van der Waals surface area contributed by atoms with Gasteiger partial charge in [-0.15, -0.1) is 0 Å². The Hall–Kier alpha value is -1.42. The summed E-state index contributed by atoms with van der Waals surface area (Å²) in [5.74, 6) is 0.483. The van der Waals surface area contributed by atoms with Gasteiger partial charge in [-0.05, 0) is 25.0 Å². The summed E-state index contributed by atoms with van der Waals surface area (Å²) in [4.78, 5) is 14.5. The summed E-state index contributed by atoms with van der Waals surface area (Å²) in [5.41, 5.74) is 6.95. The van der Waals surface area contributed by atoms with Gasteiger partial charge < -0.3 is 10.6 Å². The molecule has 0 aromatic heterocycles. The summed E-state index contributed by atoms with van der Waals surface area (Å²) in [7, 11) is 0. The van der Waals surface area contributed by atoms with E-state index in [1.54, 1.807) is 12.1 Å². The van der Waals surface area contributed by atoms with Gasteiger partial charge in [-0.3, -0.25) is 4.79 Å². The van der Waals surface area contributed by atoms with Gasteiger partial charge in [-0.2, -0.15) is 0 Å². The molecule has 3 nitrogen and oxygen atoms in total. The Balaban J connectivity index is 2.94. The summed E-state index contributed by atoms with van der Waals surface area (Å²) in [5, 5.41) is 0. The Morgan fingerprint density at radius 2 is 2.00 bits per heavy atom. The first kappa shape index (κ1) is 14.6. The lowest BCUT2D eigenvalue weighted by atomic mass is 10.1. The minimum Gasteiger partial charge on any atom is -0.389 e. The second kappa shape index (κ2) is 6.50. The first-order valence-electron chi connectivity index (χ1n) is 6.14. The summed E-state index contributed by atoms with van der Waals surface area (Å²) in [6.45, 7) is 7.64. The minimum atomic E-state index is 0.0318. The molecule has 98 valence electrons. The molecule has 0 aliphatic rings. The molecular formula is C14H20N2OS. The van der Waals surface area contributed by atoms with Gasteiger partial charge in [0.2, 0.25) is 0 Å². The standard InChI is InChI=1S/C14H20N2OS/c1-4-16(9-10(2)3)14(17)12-7-5-6-11(8-12)13(15)18/h5-8,10H,4,9H2,1-3H3,(H2,15,18). The van der Waals surface area contributed by atoms with Gasteiger partial charge in [0.25, 0.3) is 5.91 Å². The number of thiocarbonyl (C=S) groups is 1. The normalized spacial score (nSPS) is 10.4. The van der Waals surface area contributed by atoms with Crippen LogP contribution < -0.4 is 5.73 Å². The summed E-state index contributed by atoms with van der Waals surface area (Å²) < 4.78 is 0. The van der Waals surface area contributed by atoms with E-state index in [1.165, 1.54) is 0 Å². The maximum atomic E-state index is 12.3. The molecule has 0 radical (unpaired) electrons. The molecule has 18 heavy (non-hydrogen) atoms. The van der Waals surface area contributed by atoms with E-state index >= 15 is 0 Å². The molecule has 0 spiro atoms. The third-order valence-corrected chi connectivity index (χ3v) is 2.88. The molecule has 2 N–H and O–H groups in total. The van der Waals surface area contributed by atoms with Crippen molar-refractivity contribution in [3.05, 3.63) is 35.4 Å². The van der Waals surface area contributed by atoms with Crippen LogP contribution in [0.3, 0.4) is 0 Å². The van der Waals surface area contributed by atoms with Crippen LogP contribution in [-0.2, 0) is 0 Å². The number of nitrogens with zero attached hydrogens (tertiary/aromatic N) is 1. The van der Waals surface area contributed by atoms with E-state index in [-0.39, 0.29) is 5.91 Å². The first-order chi connectivity index (χ1) is 8.45. The van der Waals surface area contributed by atoms with E-state index in [1.807, 2.05) is 24.0 Å². The van der Waals surface area contributed by atoms with Crippen molar-refractivity contribution < 1.29 is 4.79 Å². The van der Waals surface area contributed by atoms with E-state index in [4.69, 9.17) is 18.0 Å². The predicted octanol–water partition coefficient (Wildman–Crippen LogP) is 2.44. The largest absolute Gasteiger partial charge is 0.389 e. The molecule has 0 bridgehead atoms. The Bertz CT molecular complexity index is 443. The highest BCUT2D eigenvalue weighted by Gasteiger charge is 2.15. The number of carbonyl (C=O) groups excluding carboxylic acids is 1. The fourth-order valence-corrected chi connectivity index (χ4v) is 1.91. The van der Waals surface area contributed by atoms with Gasteiger partial charge in [0, 0.05) is 24.2 Å². The molecule has 0 aliphatic heterocycles. The van der Waals surface area contributed by atoms with Crippen LogP contribution in [0.2, 0.25) is 0 Å². The Labute approximate surface area is 114 Å². The number of carbonyl (C=O) groups is 1. The zero-order chi connectivity index (χ0) is 13.7. The van der Waals surface area contributed by atoms with Crippen molar-refractivity contribution in [3.8, 4) is 0 Å². The van der Waals surface area contributed by atoms with Crippen molar-refractivity contribution in [3.63, 3.8) is 0 Å². The maximum absolute atomic E-state index is 12.3. The van der Waals surface area contributed by atoms with Gasteiger partial charge in [-0.1, -0.05) is 38.2 Å². The van der Waals surface area contributed by atoms with Crippen molar-refractivity contribution in [2.45, 2.75) is 20.8 Å². The lowest BCUT2D eigenvalue weighted by Gasteiger charge is -2.23. The smallest absolute Gasteiger partial charge is 0.253 e. The molecule has 1 aromatic carbocycles. The third kappa shape index (κ3) is 3.81. The molecule has 4 heteroatoms. The van der Waals surface area contributed by atoms with Crippen molar-refractivity contribution in [2.24, 2.45) is 11.7 Å². The van der Waals surface area contributed by atoms with Crippen LogP contribution in [0.4, 0.5) is 0 Å². The number of hydrogen-bond acceptors (Lipinski definition) is 2. The summed E-state index contributed by atoms with van der Waals surface area (Å²) in [6, 6.07) is 7.18. The van der Waals surface area contributed by atoms with Gasteiger partial charge >= 0.3 is 0 Å². The van der Waals surface area contributed by atoms with E-state index in [2.05, 4.69) is 13.8 Å². The molecule has 0 atom stereocenters. The van der Waals surface area contributed by atoms with Crippen molar-refractivity contribution in [1.29, 1.82) is 0 Å². The van der Waals surface area contributed by atoms with E-state index in [0.29, 0.717) is 23.0 Å². The number of amides is 1. The zero-order valence-electron chi connectivity index (χ0n) is 11.1. The van der Waals surface area contributed by atoms with Crippen LogP contribution in [0.15, 0.2) is 24.3 Å². The summed E-state index contributed by atoms with van der Waals surface area (Å²) in [6.07, 6.45) is 0. The van der Waals surface area contributed by atoms with Crippen molar-refractivity contribution in [2.75, 3.05) is 13.1 Å². The second-order valence-corrected chi connectivity index (χ2v) is 5.12. The SMILES string of the molecule is CCN(CC(C)C)C(=O)c1cccc(C(N)=S)c1. The van der Waals surface area contributed by atoms with Crippen LogP contribution in [0.5, 0.6) is 0 Å². The minimum absolute atomic E-state index is 0.0318. The zero-order valence-corrected chi connectivity index (χ0v) is 12.0. The molecule has 0 fully saturated rings. The predicted molar refractivity (Wildman–Crippen MR) is 78.7 cm³/mol. The number of nitrogens with two attached hydrogens (primary N) is 1. The topological polar surface area (TPSA) is 46.3 Å². The molecule has 1 amide bonds. The number of hydrogen-bond donors (Lipinski definition) is 1. The number of rotatable bonds is 5. The van der Waals surface area contributed by atoms with Crippen LogP contribution >= 0.6 is 12.2 Å². The van der Waals surface area contributed by atoms with E-state index in [9.17, 15) is 4.79 Å². The Kier molecular flexibility index (Phi) is 5.28. The number of benzene rings is 1. The monoisotopic (exact) mass is 264 g/mol. The Morgan fingerprint density at radius 3 is 2.50 bits per heavy atom. The van der Waals surface area contributed by atoms with E-state index < -0.39 is 0 Å². The summed E-state index contributed by atoms with van der Waals surface area (Å²) >= 11 is 4.93. The maximum Gasteiger partial charge on any atom is 0.253 e. The van der Waals surface area contributed by atoms with Gasteiger partial charge in [-0.25, -0.2) is 0 Å². The van der Waals surface area contributed by atoms with Crippen molar-refractivity contribution in [1.82, 2.24) is 4.90 Å². The van der Waals surface area contributed by atoms with Crippen molar-refractivity contribution >= 4 is 23.1 Å². The van der Waals surface area contributed by atoms with Crippen LogP contribution in [0.1, 0.15) is 36.7 Å². The molecule has 1 rings (SSSR count). The van der Waals surface area contributed by atoms with Gasteiger partial charge in [0.1, 0.15) is 4.99 Å². The lowest BCUT2D eigenvalue weighted by Crippen LogP contribution is -2.34.